The van der Waals surface area contributed by atoms with Crippen LogP contribution < -0.4 is 4.74 Å². The van der Waals surface area contributed by atoms with Gasteiger partial charge >= 0.3 is 0 Å². The van der Waals surface area contributed by atoms with Gasteiger partial charge in [0, 0.05) is 0 Å². The van der Waals surface area contributed by atoms with Gasteiger partial charge in [-0.25, -0.2) is 0 Å². The molecule has 0 radical (unpaired) electrons. The highest BCUT2D eigenvalue weighted by Crippen LogP contribution is 2.27. The summed E-state index contributed by atoms with van der Waals surface area (Å²) >= 11 is 3.50. The third-order valence-corrected chi connectivity index (χ3v) is 4.41. The Morgan fingerprint density at radius 3 is 2.46 bits per heavy atom. The van der Waals surface area contributed by atoms with Crippen molar-refractivity contribution in [2.45, 2.75) is 6.61 Å². The lowest BCUT2D eigenvalue weighted by Gasteiger charge is -2.09. The molecule has 0 aliphatic rings. The monoisotopic (exact) mass is 408 g/mol. The van der Waals surface area contributed by atoms with Crippen LogP contribution in [0.15, 0.2) is 83.3 Å². The summed E-state index contributed by atoms with van der Waals surface area (Å²) in [6, 6.07) is 22.0. The molecule has 3 aromatic rings. The summed E-state index contributed by atoms with van der Waals surface area (Å²) in [6.07, 6.45) is 3.15. The van der Waals surface area contributed by atoms with E-state index in [2.05, 4.69) is 15.9 Å². The summed E-state index contributed by atoms with van der Waals surface area (Å²) in [5.74, 6) is 0.467. The van der Waals surface area contributed by atoms with E-state index < -0.39 is 0 Å². The summed E-state index contributed by atoms with van der Waals surface area (Å²) in [7, 11) is 0. The Balaban J connectivity index is 1.67. The van der Waals surface area contributed by atoms with E-state index in [1.165, 1.54) is 12.1 Å². The van der Waals surface area contributed by atoms with Crippen LogP contribution in [0.1, 0.15) is 21.5 Å². The Hall–Kier alpha value is -2.85. The number of ether oxygens (including phenoxy) is 1. The molecule has 0 spiro atoms. The standard InChI is InChI=1S/C22H17BrO3/c23-19-14-16(10-12-21(25)18-8-4-5-9-20(18)24)11-13-22(19)26-15-17-6-2-1-3-7-17/h1-14,24H,15H2/b12-10+. The zero-order valence-electron chi connectivity index (χ0n) is 13.9. The fourth-order valence-electron chi connectivity index (χ4n) is 2.42. The second-order valence-electron chi connectivity index (χ2n) is 5.68. The van der Waals surface area contributed by atoms with E-state index in [1.807, 2.05) is 48.5 Å². The number of carbonyl (C=O) groups excluding carboxylic acids is 1. The van der Waals surface area contributed by atoms with Crippen molar-refractivity contribution in [3.63, 3.8) is 0 Å². The van der Waals surface area contributed by atoms with Gasteiger partial charge in [-0.05, 0) is 57.4 Å². The Bertz CT molecular complexity index is 933. The zero-order chi connectivity index (χ0) is 18.4. The molecule has 3 nitrogen and oxygen atoms in total. The molecule has 0 aliphatic heterocycles. The van der Waals surface area contributed by atoms with E-state index in [0.29, 0.717) is 6.61 Å². The van der Waals surface area contributed by atoms with Crippen molar-refractivity contribution in [2.24, 2.45) is 0 Å². The number of hydrogen-bond donors (Lipinski definition) is 1. The molecule has 0 aromatic heterocycles. The number of phenolic OH excluding ortho intramolecular Hbond substituents is 1. The van der Waals surface area contributed by atoms with Gasteiger partial charge in [-0.15, -0.1) is 0 Å². The predicted molar refractivity (Wildman–Crippen MR) is 106 cm³/mol. The number of para-hydroxylation sites is 1. The van der Waals surface area contributed by atoms with Crippen molar-refractivity contribution in [3.8, 4) is 11.5 Å². The number of carbonyl (C=O) groups is 1. The summed E-state index contributed by atoms with van der Waals surface area (Å²) in [5, 5.41) is 9.73. The van der Waals surface area contributed by atoms with Crippen molar-refractivity contribution in [3.05, 3.63) is 100 Å². The minimum atomic E-state index is -0.247. The van der Waals surface area contributed by atoms with Gasteiger partial charge in [0.2, 0.25) is 0 Å². The third-order valence-electron chi connectivity index (χ3n) is 3.79. The minimum absolute atomic E-state index is 0.0204. The van der Waals surface area contributed by atoms with E-state index in [-0.39, 0.29) is 17.1 Å². The molecule has 0 heterocycles. The van der Waals surface area contributed by atoms with Crippen molar-refractivity contribution in [2.75, 3.05) is 0 Å². The lowest BCUT2D eigenvalue weighted by molar-refractivity contribution is 0.104. The quantitative estimate of drug-likeness (QED) is 0.424. The molecule has 0 aliphatic carbocycles. The van der Waals surface area contributed by atoms with E-state index >= 15 is 0 Å². The largest absolute Gasteiger partial charge is 0.507 e. The first kappa shape index (κ1) is 18.0. The molecule has 0 saturated carbocycles. The highest BCUT2D eigenvalue weighted by Gasteiger charge is 2.07. The van der Waals surface area contributed by atoms with Crippen molar-refractivity contribution in [1.82, 2.24) is 0 Å². The molecule has 130 valence electrons. The molecule has 4 heteroatoms. The van der Waals surface area contributed by atoms with Crippen molar-refractivity contribution in [1.29, 1.82) is 0 Å². The van der Waals surface area contributed by atoms with Crippen LogP contribution in [0, 0.1) is 0 Å². The number of ketones is 1. The molecule has 0 unspecified atom stereocenters. The molecular weight excluding hydrogens is 392 g/mol. The summed E-state index contributed by atoms with van der Waals surface area (Å²) < 4.78 is 6.63. The smallest absolute Gasteiger partial charge is 0.189 e. The summed E-state index contributed by atoms with van der Waals surface area (Å²) in [5.41, 5.74) is 2.23. The highest BCUT2D eigenvalue weighted by molar-refractivity contribution is 9.10. The number of benzene rings is 3. The van der Waals surface area contributed by atoms with Crippen molar-refractivity contribution < 1.29 is 14.6 Å². The first-order chi connectivity index (χ1) is 12.6. The molecule has 0 atom stereocenters. The van der Waals surface area contributed by atoms with Crippen LogP contribution in [0.4, 0.5) is 0 Å². The van der Waals surface area contributed by atoms with Gasteiger partial charge in [-0.2, -0.15) is 0 Å². The van der Waals surface area contributed by atoms with Gasteiger partial charge < -0.3 is 9.84 Å². The molecule has 0 amide bonds. The van der Waals surface area contributed by atoms with E-state index in [0.717, 1.165) is 21.3 Å². The SMILES string of the molecule is O=C(/C=C/c1ccc(OCc2ccccc2)c(Br)c1)c1ccccc1O. The van der Waals surface area contributed by atoms with Gasteiger partial charge in [0.15, 0.2) is 5.78 Å². The number of allylic oxidation sites excluding steroid dienone is 1. The predicted octanol–water partition coefficient (Wildman–Crippen LogP) is 5.63. The summed E-state index contributed by atoms with van der Waals surface area (Å²) in [6.45, 7) is 0.487. The molecule has 0 saturated heterocycles. The molecule has 3 aromatic carbocycles. The van der Waals surface area contributed by atoms with E-state index in [1.54, 1.807) is 24.3 Å². The lowest BCUT2D eigenvalue weighted by atomic mass is 10.1. The fraction of sp³-hybridized carbons (Fsp3) is 0.0455. The molecule has 1 N–H and O–H groups in total. The van der Waals surface area contributed by atoms with Gasteiger partial charge in [-0.1, -0.05) is 54.6 Å². The van der Waals surface area contributed by atoms with Crippen LogP contribution in [0.25, 0.3) is 6.08 Å². The molecule has 0 fully saturated rings. The van der Waals surface area contributed by atoms with Gasteiger partial charge in [-0.3, -0.25) is 4.79 Å². The average Bonchev–Trinajstić information content (AvgIpc) is 2.66. The maximum Gasteiger partial charge on any atom is 0.189 e. The number of rotatable bonds is 6. The zero-order valence-corrected chi connectivity index (χ0v) is 15.5. The third kappa shape index (κ3) is 4.61. The number of hydrogen-bond acceptors (Lipinski definition) is 3. The Morgan fingerprint density at radius 2 is 1.73 bits per heavy atom. The normalized spacial score (nSPS) is 10.8. The van der Waals surface area contributed by atoms with Gasteiger partial charge in [0.1, 0.15) is 18.1 Å². The van der Waals surface area contributed by atoms with Gasteiger partial charge in [0.05, 0.1) is 10.0 Å². The van der Waals surface area contributed by atoms with Crippen LogP contribution >= 0.6 is 15.9 Å². The lowest BCUT2D eigenvalue weighted by Crippen LogP contribution is -1.96. The van der Waals surface area contributed by atoms with Crippen LogP contribution in [0.3, 0.4) is 0 Å². The Kier molecular flexibility index (Phi) is 5.87. The average molecular weight is 409 g/mol. The maximum absolute atomic E-state index is 12.2. The highest BCUT2D eigenvalue weighted by atomic mass is 79.9. The van der Waals surface area contributed by atoms with Crippen LogP contribution in [-0.4, -0.2) is 10.9 Å². The molecule has 0 bridgehead atoms. The van der Waals surface area contributed by atoms with Crippen molar-refractivity contribution >= 4 is 27.8 Å². The Morgan fingerprint density at radius 1 is 1.00 bits per heavy atom. The fourth-order valence-corrected chi connectivity index (χ4v) is 2.93. The van der Waals surface area contributed by atoms with E-state index in [4.69, 9.17) is 4.74 Å². The van der Waals surface area contributed by atoms with Crippen LogP contribution in [0.2, 0.25) is 0 Å². The molecule has 3 rings (SSSR count). The number of halogens is 1. The topological polar surface area (TPSA) is 46.5 Å². The van der Waals surface area contributed by atoms with Gasteiger partial charge in [0.25, 0.3) is 0 Å². The second kappa shape index (κ2) is 8.50. The van der Waals surface area contributed by atoms with E-state index in [9.17, 15) is 9.90 Å². The molecular formula is C22H17BrO3. The summed E-state index contributed by atoms with van der Waals surface area (Å²) in [4.78, 5) is 12.2. The number of phenols is 1. The number of aromatic hydroxyl groups is 1. The minimum Gasteiger partial charge on any atom is -0.507 e. The maximum atomic E-state index is 12.2. The molecule has 26 heavy (non-hydrogen) atoms. The second-order valence-corrected chi connectivity index (χ2v) is 6.53. The van der Waals surface area contributed by atoms with Crippen LogP contribution in [0.5, 0.6) is 11.5 Å². The first-order valence-electron chi connectivity index (χ1n) is 8.10. The Labute approximate surface area is 160 Å². The van der Waals surface area contributed by atoms with Crippen LogP contribution in [-0.2, 0) is 6.61 Å². The first-order valence-corrected chi connectivity index (χ1v) is 8.89.